The fourth-order valence-electron chi connectivity index (χ4n) is 3.51. The normalized spacial score (nSPS) is 13.0. The fourth-order valence-corrected chi connectivity index (χ4v) is 3.51. The van der Waals surface area contributed by atoms with E-state index >= 15 is 0 Å². The van der Waals surface area contributed by atoms with Gasteiger partial charge in [-0.05, 0) is 91.9 Å². The third-order valence-corrected chi connectivity index (χ3v) is 6.01. The van der Waals surface area contributed by atoms with Crippen molar-refractivity contribution in [3.05, 3.63) is 77.9 Å². The Hall–Kier alpha value is -3.60. The van der Waals surface area contributed by atoms with Gasteiger partial charge in [0.05, 0.1) is 6.10 Å². The Labute approximate surface area is 194 Å². The van der Waals surface area contributed by atoms with Crippen LogP contribution in [0.25, 0.3) is 22.6 Å². The minimum atomic E-state index is -0.169. The van der Waals surface area contributed by atoms with Gasteiger partial charge in [0.15, 0.2) is 5.58 Å². The molecule has 1 N–H and O–H groups in total. The number of anilines is 1. The number of carbonyl (C=O) groups excluding carboxylic acids is 1. The van der Waals surface area contributed by atoms with Crippen LogP contribution in [-0.4, -0.2) is 17.0 Å². The van der Waals surface area contributed by atoms with E-state index < -0.39 is 0 Å². The number of ether oxygens (including phenoxy) is 1. The predicted octanol–water partition coefficient (Wildman–Crippen LogP) is 7.44. The van der Waals surface area contributed by atoms with E-state index in [4.69, 9.17) is 9.15 Å². The minimum Gasteiger partial charge on any atom is -0.491 e. The SMILES string of the molecule is CC[C@@H](C)Oc1ccc(C(=O)Nc2ccc(-c3nc4cc([C@H](C)CC)ccc4o3)cc2)cc1. The van der Waals surface area contributed by atoms with E-state index in [1.165, 1.54) is 5.56 Å². The zero-order valence-corrected chi connectivity index (χ0v) is 19.6. The van der Waals surface area contributed by atoms with Gasteiger partial charge >= 0.3 is 0 Å². The van der Waals surface area contributed by atoms with Crippen molar-refractivity contribution < 1.29 is 13.9 Å². The molecule has 0 radical (unpaired) electrons. The maximum atomic E-state index is 12.6. The average Bonchev–Trinajstić information content (AvgIpc) is 3.27. The number of hydrogen-bond donors (Lipinski definition) is 1. The number of carbonyl (C=O) groups is 1. The largest absolute Gasteiger partial charge is 0.491 e. The van der Waals surface area contributed by atoms with Crippen LogP contribution < -0.4 is 10.1 Å². The lowest BCUT2D eigenvalue weighted by atomic mass is 9.98. The van der Waals surface area contributed by atoms with Crippen molar-refractivity contribution in [1.82, 2.24) is 4.98 Å². The monoisotopic (exact) mass is 442 g/mol. The molecule has 1 heterocycles. The first-order chi connectivity index (χ1) is 16.0. The highest BCUT2D eigenvalue weighted by Crippen LogP contribution is 2.28. The highest BCUT2D eigenvalue weighted by atomic mass is 16.5. The lowest BCUT2D eigenvalue weighted by Gasteiger charge is -2.12. The smallest absolute Gasteiger partial charge is 0.255 e. The molecule has 2 atom stereocenters. The van der Waals surface area contributed by atoms with Crippen LogP contribution in [0.4, 0.5) is 5.69 Å². The first-order valence-electron chi connectivity index (χ1n) is 11.6. The summed E-state index contributed by atoms with van der Waals surface area (Å²) in [6.45, 7) is 8.49. The van der Waals surface area contributed by atoms with E-state index in [1.807, 2.05) is 49.4 Å². The molecule has 33 heavy (non-hydrogen) atoms. The fraction of sp³-hybridized carbons (Fsp3) is 0.286. The van der Waals surface area contributed by atoms with Gasteiger partial charge in [0.1, 0.15) is 11.3 Å². The molecule has 5 nitrogen and oxygen atoms in total. The molecule has 170 valence electrons. The van der Waals surface area contributed by atoms with Gasteiger partial charge in [0, 0.05) is 16.8 Å². The Kier molecular flexibility index (Phi) is 6.78. The van der Waals surface area contributed by atoms with E-state index in [0.717, 1.165) is 35.3 Å². The van der Waals surface area contributed by atoms with Crippen molar-refractivity contribution in [2.24, 2.45) is 0 Å². The lowest BCUT2D eigenvalue weighted by Crippen LogP contribution is -2.12. The number of rotatable bonds is 8. The highest BCUT2D eigenvalue weighted by molar-refractivity contribution is 6.04. The van der Waals surface area contributed by atoms with Crippen LogP contribution in [0.2, 0.25) is 0 Å². The minimum absolute atomic E-state index is 0.145. The average molecular weight is 443 g/mol. The van der Waals surface area contributed by atoms with Crippen molar-refractivity contribution in [1.29, 1.82) is 0 Å². The predicted molar refractivity (Wildman–Crippen MR) is 133 cm³/mol. The maximum absolute atomic E-state index is 12.6. The number of oxazole rings is 1. The van der Waals surface area contributed by atoms with Crippen molar-refractivity contribution in [2.45, 2.75) is 52.6 Å². The zero-order valence-electron chi connectivity index (χ0n) is 19.6. The summed E-state index contributed by atoms with van der Waals surface area (Å²) < 4.78 is 11.7. The molecule has 0 saturated heterocycles. The van der Waals surface area contributed by atoms with Gasteiger partial charge in [-0.2, -0.15) is 0 Å². The van der Waals surface area contributed by atoms with E-state index in [0.29, 0.717) is 23.1 Å². The number of fused-ring (bicyclic) bond motifs is 1. The molecule has 0 aliphatic carbocycles. The number of nitrogens with zero attached hydrogens (tertiary/aromatic N) is 1. The summed E-state index contributed by atoms with van der Waals surface area (Å²) in [4.78, 5) is 17.3. The second kappa shape index (κ2) is 9.90. The van der Waals surface area contributed by atoms with Crippen molar-refractivity contribution in [3.8, 4) is 17.2 Å². The number of amides is 1. The Morgan fingerprint density at radius 3 is 2.36 bits per heavy atom. The maximum Gasteiger partial charge on any atom is 0.255 e. The Balaban J connectivity index is 1.44. The zero-order chi connectivity index (χ0) is 23.4. The molecule has 1 amide bonds. The van der Waals surface area contributed by atoms with Gasteiger partial charge < -0.3 is 14.5 Å². The molecule has 0 aliphatic heterocycles. The summed E-state index contributed by atoms with van der Waals surface area (Å²) in [6, 6.07) is 20.9. The lowest BCUT2D eigenvalue weighted by molar-refractivity contribution is 0.102. The number of hydrogen-bond acceptors (Lipinski definition) is 4. The quantitative estimate of drug-likeness (QED) is 0.308. The van der Waals surface area contributed by atoms with Gasteiger partial charge in [0.25, 0.3) is 5.91 Å². The van der Waals surface area contributed by atoms with Crippen LogP contribution in [-0.2, 0) is 0 Å². The molecule has 4 rings (SSSR count). The Morgan fingerprint density at radius 1 is 0.970 bits per heavy atom. The van der Waals surface area contributed by atoms with Crippen LogP contribution >= 0.6 is 0 Å². The van der Waals surface area contributed by atoms with Gasteiger partial charge in [-0.15, -0.1) is 0 Å². The summed E-state index contributed by atoms with van der Waals surface area (Å²) in [5.41, 5.74) is 5.05. The summed E-state index contributed by atoms with van der Waals surface area (Å²) in [7, 11) is 0. The first kappa shape index (κ1) is 22.6. The van der Waals surface area contributed by atoms with E-state index in [1.54, 1.807) is 12.1 Å². The summed E-state index contributed by atoms with van der Waals surface area (Å²) in [5.74, 6) is 1.65. The van der Waals surface area contributed by atoms with Crippen molar-refractivity contribution in [3.63, 3.8) is 0 Å². The molecule has 1 aromatic heterocycles. The molecular formula is C28H30N2O3. The molecule has 0 bridgehead atoms. The Bertz CT molecular complexity index is 1230. The molecule has 0 unspecified atom stereocenters. The molecule has 0 fully saturated rings. The van der Waals surface area contributed by atoms with Crippen LogP contribution in [0.1, 0.15) is 62.4 Å². The van der Waals surface area contributed by atoms with Crippen LogP contribution in [0.15, 0.2) is 71.1 Å². The summed E-state index contributed by atoms with van der Waals surface area (Å²) >= 11 is 0. The second-order valence-corrected chi connectivity index (χ2v) is 8.45. The van der Waals surface area contributed by atoms with Gasteiger partial charge in [-0.3, -0.25) is 4.79 Å². The van der Waals surface area contributed by atoms with Gasteiger partial charge in [-0.25, -0.2) is 4.98 Å². The summed E-state index contributed by atoms with van der Waals surface area (Å²) in [5, 5.41) is 2.93. The second-order valence-electron chi connectivity index (χ2n) is 8.45. The van der Waals surface area contributed by atoms with Gasteiger partial charge in [-0.1, -0.05) is 26.8 Å². The van der Waals surface area contributed by atoms with E-state index in [9.17, 15) is 4.79 Å². The van der Waals surface area contributed by atoms with Crippen molar-refractivity contribution in [2.75, 3.05) is 5.32 Å². The molecular weight excluding hydrogens is 412 g/mol. The number of benzene rings is 3. The standard InChI is InChI=1S/C28H30N2O3/c1-5-18(3)22-11-16-26-25(17-22)30-28(33-26)21-7-12-23(13-8-21)29-27(31)20-9-14-24(15-10-20)32-19(4)6-2/h7-19H,5-6H2,1-4H3,(H,29,31)/t18-,19-/m1/s1. The van der Waals surface area contributed by atoms with Gasteiger partial charge in [0.2, 0.25) is 5.89 Å². The highest BCUT2D eigenvalue weighted by Gasteiger charge is 2.12. The van der Waals surface area contributed by atoms with Crippen molar-refractivity contribution >= 4 is 22.7 Å². The van der Waals surface area contributed by atoms with Crippen LogP contribution in [0, 0.1) is 0 Å². The molecule has 0 saturated carbocycles. The molecule has 0 spiro atoms. The van der Waals surface area contributed by atoms with E-state index in [2.05, 4.69) is 43.2 Å². The third-order valence-electron chi connectivity index (χ3n) is 6.01. The number of aromatic nitrogens is 1. The molecule has 4 aromatic rings. The van der Waals surface area contributed by atoms with Crippen LogP contribution in [0.5, 0.6) is 5.75 Å². The molecule has 5 heteroatoms. The number of nitrogens with one attached hydrogen (secondary N) is 1. The third kappa shape index (κ3) is 5.25. The molecule has 0 aliphatic rings. The Morgan fingerprint density at radius 2 is 1.70 bits per heavy atom. The molecule has 3 aromatic carbocycles. The topological polar surface area (TPSA) is 64.4 Å². The van der Waals surface area contributed by atoms with E-state index in [-0.39, 0.29) is 12.0 Å². The van der Waals surface area contributed by atoms with Crippen LogP contribution in [0.3, 0.4) is 0 Å². The first-order valence-corrected chi connectivity index (χ1v) is 11.6. The summed E-state index contributed by atoms with van der Waals surface area (Å²) in [6.07, 6.45) is 2.16.